The van der Waals surface area contributed by atoms with Gasteiger partial charge in [0.15, 0.2) is 6.61 Å². The lowest BCUT2D eigenvalue weighted by atomic mass is 10.1. The number of hydrogen-bond donors (Lipinski definition) is 1. The Morgan fingerprint density at radius 2 is 1.95 bits per heavy atom. The SMILES string of the molecule is C[C@@H](NC(=O)COC(=O)c1ccccn1)c1ccc(Cl)cc1. The van der Waals surface area contributed by atoms with Crippen LogP contribution in [-0.4, -0.2) is 23.5 Å². The Labute approximate surface area is 133 Å². The van der Waals surface area contributed by atoms with E-state index in [1.807, 2.05) is 19.1 Å². The minimum atomic E-state index is -0.630. The normalized spacial score (nSPS) is 11.5. The number of ether oxygens (including phenoxy) is 1. The van der Waals surface area contributed by atoms with Gasteiger partial charge in [-0.25, -0.2) is 9.78 Å². The molecule has 1 aromatic carbocycles. The quantitative estimate of drug-likeness (QED) is 0.861. The molecule has 1 amide bonds. The van der Waals surface area contributed by atoms with E-state index >= 15 is 0 Å². The number of pyridine rings is 1. The Kier molecular flexibility index (Phi) is 5.49. The highest BCUT2D eigenvalue weighted by Crippen LogP contribution is 2.15. The molecule has 5 nitrogen and oxygen atoms in total. The van der Waals surface area contributed by atoms with E-state index in [2.05, 4.69) is 10.3 Å². The number of hydrogen-bond acceptors (Lipinski definition) is 4. The molecular weight excluding hydrogens is 304 g/mol. The fraction of sp³-hybridized carbons (Fsp3) is 0.188. The van der Waals surface area contributed by atoms with Crippen molar-refractivity contribution in [2.75, 3.05) is 6.61 Å². The average Bonchev–Trinajstić information content (AvgIpc) is 2.54. The molecule has 0 saturated carbocycles. The van der Waals surface area contributed by atoms with Gasteiger partial charge < -0.3 is 10.1 Å². The van der Waals surface area contributed by atoms with E-state index in [4.69, 9.17) is 16.3 Å². The van der Waals surface area contributed by atoms with Crippen LogP contribution >= 0.6 is 11.6 Å². The van der Waals surface area contributed by atoms with Crippen LogP contribution in [0.5, 0.6) is 0 Å². The highest BCUT2D eigenvalue weighted by atomic mass is 35.5. The molecule has 0 saturated heterocycles. The number of carbonyl (C=O) groups is 2. The summed E-state index contributed by atoms with van der Waals surface area (Å²) in [6.45, 7) is 1.48. The number of nitrogens with zero attached hydrogens (tertiary/aromatic N) is 1. The number of aromatic nitrogens is 1. The van der Waals surface area contributed by atoms with Gasteiger partial charge in [0, 0.05) is 11.2 Å². The molecule has 0 unspecified atom stereocenters. The maximum Gasteiger partial charge on any atom is 0.357 e. The molecule has 1 atom stereocenters. The summed E-state index contributed by atoms with van der Waals surface area (Å²) >= 11 is 5.81. The molecule has 2 aromatic rings. The summed E-state index contributed by atoms with van der Waals surface area (Å²) in [5, 5.41) is 3.37. The fourth-order valence-corrected chi connectivity index (χ4v) is 1.93. The molecule has 6 heteroatoms. The highest BCUT2D eigenvalue weighted by molar-refractivity contribution is 6.30. The number of carbonyl (C=O) groups excluding carboxylic acids is 2. The molecule has 1 aromatic heterocycles. The van der Waals surface area contributed by atoms with E-state index in [0.29, 0.717) is 5.02 Å². The number of nitrogens with one attached hydrogen (secondary N) is 1. The van der Waals surface area contributed by atoms with Crippen molar-refractivity contribution in [2.45, 2.75) is 13.0 Å². The molecule has 1 N–H and O–H groups in total. The number of amides is 1. The zero-order valence-electron chi connectivity index (χ0n) is 12.0. The van der Waals surface area contributed by atoms with Gasteiger partial charge in [-0.3, -0.25) is 4.79 Å². The van der Waals surface area contributed by atoms with Crippen LogP contribution in [0, 0.1) is 0 Å². The van der Waals surface area contributed by atoms with E-state index in [9.17, 15) is 9.59 Å². The van der Waals surface area contributed by atoms with Crippen molar-refractivity contribution in [2.24, 2.45) is 0 Å². The van der Waals surface area contributed by atoms with Crippen LogP contribution in [0.25, 0.3) is 0 Å². The van der Waals surface area contributed by atoms with Crippen molar-refractivity contribution in [3.63, 3.8) is 0 Å². The molecule has 0 aliphatic carbocycles. The third-order valence-electron chi connectivity index (χ3n) is 2.96. The summed E-state index contributed by atoms with van der Waals surface area (Å²) in [6, 6.07) is 11.8. The summed E-state index contributed by atoms with van der Waals surface area (Å²) in [7, 11) is 0. The standard InChI is InChI=1S/C16H15ClN2O3/c1-11(12-5-7-13(17)8-6-12)19-15(20)10-22-16(21)14-4-2-3-9-18-14/h2-9,11H,10H2,1H3,(H,19,20)/t11-/m1/s1. The van der Waals surface area contributed by atoms with Gasteiger partial charge in [0.25, 0.3) is 5.91 Å². The van der Waals surface area contributed by atoms with E-state index in [1.54, 1.807) is 24.3 Å². The Morgan fingerprint density at radius 3 is 2.59 bits per heavy atom. The Hall–Kier alpha value is -2.40. The van der Waals surface area contributed by atoms with Gasteiger partial charge in [-0.15, -0.1) is 0 Å². The smallest absolute Gasteiger partial charge is 0.357 e. The second-order valence-corrected chi connectivity index (χ2v) is 5.07. The van der Waals surface area contributed by atoms with Crippen molar-refractivity contribution < 1.29 is 14.3 Å². The van der Waals surface area contributed by atoms with Crippen LogP contribution in [0.1, 0.15) is 29.0 Å². The molecule has 0 aliphatic rings. The van der Waals surface area contributed by atoms with Gasteiger partial charge in [0.05, 0.1) is 6.04 Å². The number of benzene rings is 1. The summed E-state index contributed by atoms with van der Waals surface area (Å²) in [4.78, 5) is 27.3. The van der Waals surface area contributed by atoms with E-state index < -0.39 is 5.97 Å². The molecular formula is C16H15ClN2O3. The fourth-order valence-electron chi connectivity index (χ4n) is 1.81. The molecule has 0 bridgehead atoms. The Balaban J connectivity index is 1.83. The van der Waals surface area contributed by atoms with Gasteiger partial charge in [-0.2, -0.15) is 0 Å². The minimum absolute atomic E-state index is 0.168. The zero-order chi connectivity index (χ0) is 15.9. The third kappa shape index (κ3) is 4.56. The molecule has 2 rings (SSSR count). The average molecular weight is 319 g/mol. The summed E-state index contributed by atoms with van der Waals surface area (Å²) in [5.74, 6) is -1.01. The van der Waals surface area contributed by atoms with Crippen LogP contribution < -0.4 is 5.32 Å². The van der Waals surface area contributed by atoms with Crippen molar-refractivity contribution in [3.8, 4) is 0 Å². The number of halogens is 1. The summed E-state index contributed by atoms with van der Waals surface area (Å²) < 4.78 is 4.91. The van der Waals surface area contributed by atoms with Crippen LogP contribution in [-0.2, 0) is 9.53 Å². The topological polar surface area (TPSA) is 68.3 Å². The second-order valence-electron chi connectivity index (χ2n) is 4.63. The van der Waals surface area contributed by atoms with Crippen LogP contribution in [0.2, 0.25) is 5.02 Å². The molecule has 0 radical (unpaired) electrons. The highest BCUT2D eigenvalue weighted by Gasteiger charge is 2.13. The Bertz CT molecular complexity index is 644. The van der Waals surface area contributed by atoms with Crippen molar-refractivity contribution in [3.05, 3.63) is 64.9 Å². The first-order chi connectivity index (χ1) is 10.6. The van der Waals surface area contributed by atoms with Gasteiger partial charge in [-0.1, -0.05) is 29.8 Å². The lowest BCUT2D eigenvalue weighted by molar-refractivity contribution is -0.124. The first-order valence-corrected chi connectivity index (χ1v) is 7.07. The number of esters is 1. The van der Waals surface area contributed by atoms with Crippen molar-refractivity contribution in [1.82, 2.24) is 10.3 Å². The first kappa shape index (κ1) is 16.0. The van der Waals surface area contributed by atoms with Crippen molar-refractivity contribution in [1.29, 1.82) is 0 Å². The third-order valence-corrected chi connectivity index (χ3v) is 3.21. The van der Waals surface area contributed by atoms with Gasteiger partial charge in [0.2, 0.25) is 0 Å². The predicted octanol–water partition coefficient (Wildman–Crippen LogP) is 2.77. The lowest BCUT2D eigenvalue weighted by Crippen LogP contribution is -2.31. The molecule has 22 heavy (non-hydrogen) atoms. The van der Waals surface area contributed by atoms with E-state index in [-0.39, 0.29) is 24.2 Å². The van der Waals surface area contributed by atoms with Gasteiger partial charge >= 0.3 is 5.97 Å². The molecule has 0 spiro atoms. The largest absolute Gasteiger partial charge is 0.451 e. The zero-order valence-corrected chi connectivity index (χ0v) is 12.7. The van der Waals surface area contributed by atoms with Crippen LogP contribution in [0.3, 0.4) is 0 Å². The lowest BCUT2D eigenvalue weighted by Gasteiger charge is -2.14. The van der Waals surface area contributed by atoms with Crippen LogP contribution in [0.4, 0.5) is 0 Å². The minimum Gasteiger partial charge on any atom is -0.451 e. The summed E-state index contributed by atoms with van der Waals surface area (Å²) in [5.41, 5.74) is 1.08. The van der Waals surface area contributed by atoms with E-state index in [0.717, 1.165) is 5.56 Å². The van der Waals surface area contributed by atoms with Gasteiger partial charge in [0.1, 0.15) is 5.69 Å². The van der Waals surface area contributed by atoms with E-state index in [1.165, 1.54) is 12.3 Å². The first-order valence-electron chi connectivity index (χ1n) is 6.69. The second kappa shape index (κ2) is 7.56. The molecule has 114 valence electrons. The van der Waals surface area contributed by atoms with Crippen LogP contribution in [0.15, 0.2) is 48.7 Å². The Morgan fingerprint density at radius 1 is 1.23 bits per heavy atom. The maximum atomic E-state index is 11.8. The molecule has 0 fully saturated rings. The predicted molar refractivity (Wildman–Crippen MR) is 82.5 cm³/mol. The number of rotatable bonds is 5. The maximum absolute atomic E-state index is 11.8. The molecule has 1 heterocycles. The summed E-state index contributed by atoms with van der Waals surface area (Å²) in [6.07, 6.45) is 1.49. The monoisotopic (exact) mass is 318 g/mol. The van der Waals surface area contributed by atoms with Crippen molar-refractivity contribution >= 4 is 23.5 Å². The van der Waals surface area contributed by atoms with Gasteiger partial charge in [-0.05, 0) is 36.8 Å². The molecule has 0 aliphatic heterocycles.